The van der Waals surface area contributed by atoms with Crippen molar-refractivity contribution in [3.8, 4) is 0 Å². The van der Waals surface area contributed by atoms with Crippen LogP contribution in [0, 0.1) is 5.92 Å². The average molecular weight is 411 g/mol. The molecule has 0 spiro atoms. The molecule has 150 valence electrons. The Hall–Kier alpha value is -3.00. The SMILES string of the molecule is C[C@H]1CCc2c(sc3nc(COC(=O)CNC(=O)c4ccccc4)[nH]c(=O)c23)C1. The van der Waals surface area contributed by atoms with Gasteiger partial charge in [0.2, 0.25) is 0 Å². The number of fused-ring (bicyclic) bond motifs is 3. The molecule has 0 aliphatic heterocycles. The van der Waals surface area contributed by atoms with E-state index in [9.17, 15) is 14.4 Å². The summed E-state index contributed by atoms with van der Waals surface area (Å²) in [6, 6.07) is 8.61. The number of aryl methyl sites for hydroxylation is 1. The van der Waals surface area contributed by atoms with Crippen LogP contribution in [0.3, 0.4) is 0 Å². The number of benzene rings is 1. The lowest BCUT2D eigenvalue weighted by Crippen LogP contribution is -2.30. The van der Waals surface area contributed by atoms with Crippen LogP contribution in [0.4, 0.5) is 0 Å². The van der Waals surface area contributed by atoms with E-state index in [2.05, 4.69) is 22.2 Å². The number of amides is 1. The zero-order valence-electron chi connectivity index (χ0n) is 16.0. The molecule has 2 heterocycles. The van der Waals surface area contributed by atoms with Gasteiger partial charge in [0.1, 0.15) is 23.8 Å². The minimum absolute atomic E-state index is 0.149. The molecule has 2 N–H and O–H groups in total. The summed E-state index contributed by atoms with van der Waals surface area (Å²) in [6.45, 7) is 1.81. The summed E-state index contributed by atoms with van der Waals surface area (Å²) in [6.07, 6.45) is 2.95. The van der Waals surface area contributed by atoms with E-state index in [1.54, 1.807) is 41.7 Å². The summed E-state index contributed by atoms with van der Waals surface area (Å²) in [5, 5.41) is 3.18. The first-order chi connectivity index (χ1) is 14.0. The molecule has 1 aliphatic rings. The minimum Gasteiger partial charge on any atom is -0.456 e. The van der Waals surface area contributed by atoms with Crippen LogP contribution in [0.5, 0.6) is 0 Å². The minimum atomic E-state index is -0.601. The van der Waals surface area contributed by atoms with Crippen LogP contribution in [-0.4, -0.2) is 28.4 Å². The van der Waals surface area contributed by atoms with E-state index in [-0.39, 0.29) is 24.6 Å². The van der Waals surface area contributed by atoms with Gasteiger partial charge in [0.15, 0.2) is 0 Å². The number of nitrogens with one attached hydrogen (secondary N) is 2. The van der Waals surface area contributed by atoms with Crippen molar-refractivity contribution in [2.45, 2.75) is 32.8 Å². The number of thiophene rings is 1. The van der Waals surface area contributed by atoms with Crippen molar-refractivity contribution in [1.29, 1.82) is 0 Å². The largest absolute Gasteiger partial charge is 0.456 e. The van der Waals surface area contributed by atoms with Crippen LogP contribution >= 0.6 is 11.3 Å². The predicted molar refractivity (Wildman–Crippen MR) is 110 cm³/mol. The van der Waals surface area contributed by atoms with Gasteiger partial charge in [-0.15, -0.1) is 11.3 Å². The second kappa shape index (κ2) is 8.16. The summed E-state index contributed by atoms with van der Waals surface area (Å²) < 4.78 is 5.16. The number of hydrogen-bond donors (Lipinski definition) is 2. The van der Waals surface area contributed by atoms with Crippen LogP contribution in [-0.2, 0) is 29.0 Å². The molecular formula is C21H21N3O4S. The van der Waals surface area contributed by atoms with Gasteiger partial charge in [-0.1, -0.05) is 25.1 Å². The molecule has 29 heavy (non-hydrogen) atoms. The maximum absolute atomic E-state index is 12.5. The van der Waals surface area contributed by atoms with Gasteiger partial charge < -0.3 is 15.0 Å². The number of aromatic amines is 1. The Balaban J connectivity index is 1.39. The van der Waals surface area contributed by atoms with Crippen LogP contribution < -0.4 is 10.9 Å². The van der Waals surface area contributed by atoms with Crippen LogP contribution in [0.1, 0.15) is 40.0 Å². The third-order valence-corrected chi connectivity index (χ3v) is 6.16. The molecule has 8 heteroatoms. The average Bonchev–Trinajstić information content (AvgIpc) is 3.08. The highest BCUT2D eigenvalue weighted by atomic mass is 32.1. The highest BCUT2D eigenvalue weighted by molar-refractivity contribution is 7.18. The normalized spacial score (nSPS) is 15.7. The fourth-order valence-corrected chi connectivity index (χ4v) is 4.91. The van der Waals surface area contributed by atoms with E-state index < -0.39 is 5.97 Å². The Morgan fingerprint density at radius 2 is 2.10 bits per heavy atom. The first-order valence-electron chi connectivity index (χ1n) is 9.53. The van der Waals surface area contributed by atoms with Crippen molar-refractivity contribution in [3.63, 3.8) is 0 Å². The molecule has 3 aromatic rings. The summed E-state index contributed by atoms with van der Waals surface area (Å²) >= 11 is 1.55. The van der Waals surface area contributed by atoms with Gasteiger partial charge in [-0.25, -0.2) is 4.98 Å². The first-order valence-corrected chi connectivity index (χ1v) is 10.3. The van der Waals surface area contributed by atoms with E-state index in [0.29, 0.717) is 27.5 Å². The second-order valence-corrected chi connectivity index (χ2v) is 8.34. The fraction of sp³-hybridized carbons (Fsp3) is 0.333. The van der Waals surface area contributed by atoms with Crippen molar-refractivity contribution in [2.24, 2.45) is 5.92 Å². The van der Waals surface area contributed by atoms with E-state index in [1.165, 1.54) is 4.88 Å². The molecule has 1 aromatic carbocycles. The zero-order valence-corrected chi connectivity index (χ0v) is 16.8. The van der Waals surface area contributed by atoms with Gasteiger partial charge in [0.05, 0.1) is 5.39 Å². The molecule has 0 radical (unpaired) electrons. The highest BCUT2D eigenvalue weighted by Crippen LogP contribution is 2.35. The van der Waals surface area contributed by atoms with Crippen LogP contribution in [0.15, 0.2) is 35.1 Å². The number of ether oxygens (including phenoxy) is 1. The van der Waals surface area contributed by atoms with Gasteiger partial charge in [0.25, 0.3) is 11.5 Å². The van der Waals surface area contributed by atoms with E-state index >= 15 is 0 Å². The number of rotatable bonds is 5. The van der Waals surface area contributed by atoms with E-state index in [0.717, 1.165) is 24.8 Å². The lowest BCUT2D eigenvalue weighted by molar-refractivity contribution is -0.143. The smallest absolute Gasteiger partial charge is 0.325 e. The Morgan fingerprint density at radius 3 is 2.90 bits per heavy atom. The number of carbonyl (C=O) groups is 2. The lowest BCUT2D eigenvalue weighted by Gasteiger charge is -2.17. The summed E-state index contributed by atoms with van der Waals surface area (Å²) in [5.41, 5.74) is 1.39. The monoisotopic (exact) mass is 411 g/mol. The molecule has 1 atom stereocenters. The van der Waals surface area contributed by atoms with E-state index in [4.69, 9.17) is 4.74 Å². The number of esters is 1. The molecule has 7 nitrogen and oxygen atoms in total. The third-order valence-electron chi connectivity index (χ3n) is 5.01. The Bertz CT molecular complexity index is 1120. The number of aromatic nitrogens is 2. The Kier molecular flexibility index (Phi) is 5.44. The lowest BCUT2D eigenvalue weighted by atomic mass is 9.89. The van der Waals surface area contributed by atoms with Gasteiger partial charge in [0, 0.05) is 10.4 Å². The molecule has 0 saturated carbocycles. The second-order valence-electron chi connectivity index (χ2n) is 7.25. The molecule has 0 saturated heterocycles. The Labute approximate surface area is 171 Å². The van der Waals surface area contributed by atoms with Gasteiger partial charge in [-0.05, 0) is 42.9 Å². The molecule has 1 aliphatic carbocycles. The zero-order chi connectivity index (χ0) is 20.4. The third kappa shape index (κ3) is 4.22. The predicted octanol–water partition coefficient (Wildman–Crippen LogP) is 2.58. The van der Waals surface area contributed by atoms with Crippen molar-refractivity contribution in [2.75, 3.05) is 6.54 Å². The number of hydrogen-bond acceptors (Lipinski definition) is 6. The van der Waals surface area contributed by atoms with Gasteiger partial charge in [-0.2, -0.15) is 0 Å². The van der Waals surface area contributed by atoms with E-state index in [1.807, 2.05) is 0 Å². The molecule has 2 aromatic heterocycles. The van der Waals surface area contributed by atoms with Gasteiger partial charge in [-0.3, -0.25) is 14.4 Å². The molecule has 0 fully saturated rings. The standard InChI is InChI=1S/C21H21N3O4S/c1-12-7-8-14-15(9-12)29-21-18(14)20(27)23-16(24-21)11-28-17(25)10-22-19(26)13-5-3-2-4-6-13/h2-6,12H,7-11H2,1H3,(H,22,26)(H,23,24,27)/t12-/m0/s1. The summed E-state index contributed by atoms with van der Waals surface area (Å²) in [5.74, 6) is -0.0386. The van der Waals surface area contributed by atoms with Crippen molar-refractivity contribution < 1.29 is 14.3 Å². The number of carbonyl (C=O) groups excluding carboxylic acids is 2. The molecule has 1 amide bonds. The highest BCUT2D eigenvalue weighted by Gasteiger charge is 2.23. The quantitative estimate of drug-likeness (QED) is 0.629. The molecule has 4 rings (SSSR count). The summed E-state index contributed by atoms with van der Waals surface area (Å²) in [7, 11) is 0. The molecule has 0 unspecified atom stereocenters. The van der Waals surface area contributed by atoms with Gasteiger partial charge >= 0.3 is 5.97 Å². The first kappa shape index (κ1) is 19.3. The molecule has 0 bridgehead atoms. The topological polar surface area (TPSA) is 101 Å². The number of H-pyrrole nitrogens is 1. The fourth-order valence-electron chi connectivity index (χ4n) is 3.51. The van der Waals surface area contributed by atoms with Crippen LogP contribution in [0.25, 0.3) is 10.2 Å². The maximum atomic E-state index is 12.5. The Morgan fingerprint density at radius 1 is 1.31 bits per heavy atom. The van der Waals surface area contributed by atoms with Crippen molar-refractivity contribution in [3.05, 3.63) is 62.5 Å². The van der Waals surface area contributed by atoms with Crippen molar-refractivity contribution in [1.82, 2.24) is 15.3 Å². The number of nitrogens with zero attached hydrogens (tertiary/aromatic N) is 1. The molecular weight excluding hydrogens is 390 g/mol. The maximum Gasteiger partial charge on any atom is 0.325 e. The van der Waals surface area contributed by atoms with Crippen LogP contribution in [0.2, 0.25) is 0 Å². The van der Waals surface area contributed by atoms with Crippen molar-refractivity contribution >= 4 is 33.4 Å². The summed E-state index contributed by atoms with van der Waals surface area (Å²) in [4.78, 5) is 45.6.